The molecule has 101 valence electrons. The first kappa shape index (κ1) is 13.4. The molecule has 0 aliphatic carbocycles. The van der Waals surface area contributed by atoms with Crippen molar-refractivity contribution < 1.29 is 0 Å². The van der Waals surface area contributed by atoms with Crippen LogP contribution in [0.1, 0.15) is 18.1 Å². The molecule has 3 aromatic rings. The monoisotopic (exact) mass is 269 g/mol. The summed E-state index contributed by atoms with van der Waals surface area (Å²) in [5.41, 5.74) is 6.09. The molecule has 0 aliphatic heterocycles. The van der Waals surface area contributed by atoms with Crippen molar-refractivity contribution in [2.75, 3.05) is 0 Å². The van der Waals surface area contributed by atoms with Crippen LogP contribution in [-0.4, -0.2) is 0 Å². The number of rotatable bonds is 3. The van der Waals surface area contributed by atoms with Gasteiger partial charge in [-0.1, -0.05) is 84.9 Å². The number of hydrogen-bond donors (Lipinski definition) is 0. The van der Waals surface area contributed by atoms with Gasteiger partial charge in [0.05, 0.1) is 0 Å². The minimum atomic E-state index is 1.13. The summed E-state index contributed by atoms with van der Waals surface area (Å²) in [4.78, 5) is 0. The summed E-state index contributed by atoms with van der Waals surface area (Å²) in [6.45, 7) is 2.16. The molecule has 0 spiro atoms. The van der Waals surface area contributed by atoms with E-state index in [4.69, 9.17) is 0 Å². The van der Waals surface area contributed by atoms with Crippen LogP contribution in [0.2, 0.25) is 0 Å². The fourth-order valence-corrected chi connectivity index (χ4v) is 2.50. The van der Waals surface area contributed by atoms with Crippen LogP contribution >= 0.6 is 0 Å². The normalized spacial score (nSPS) is 11.4. The van der Waals surface area contributed by atoms with E-state index < -0.39 is 0 Å². The van der Waals surface area contributed by atoms with Gasteiger partial charge in [-0.2, -0.15) is 0 Å². The fraction of sp³-hybridized carbons (Fsp3) is 0.0476. The highest BCUT2D eigenvalue weighted by Gasteiger charge is 2.05. The molecule has 0 bridgehead atoms. The lowest BCUT2D eigenvalue weighted by molar-refractivity contribution is 1.54. The van der Waals surface area contributed by atoms with Crippen LogP contribution < -0.4 is 0 Å². The van der Waals surface area contributed by atoms with Crippen LogP contribution in [0, 0.1) is 6.07 Å². The Kier molecular flexibility index (Phi) is 3.97. The van der Waals surface area contributed by atoms with Gasteiger partial charge in [0, 0.05) is 0 Å². The summed E-state index contributed by atoms with van der Waals surface area (Å²) in [6.07, 6.45) is 2.22. The molecule has 0 nitrogen and oxygen atoms in total. The van der Waals surface area contributed by atoms with Gasteiger partial charge in [0.25, 0.3) is 0 Å². The highest BCUT2D eigenvalue weighted by molar-refractivity contribution is 5.88. The average Bonchev–Trinajstić information content (AvgIpc) is 2.56. The van der Waals surface area contributed by atoms with Crippen LogP contribution in [-0.2, 0) is 0 Å². The highest BCUT2D eigenvalue weighted by Crippen LogP contribution is 2.29. The molecule has 0 atom stereocenters. The second-order valence-corrected chi connectivity index (χ2v) is 5.06. The lowest BCUT2D eigenvalue weighted by Gasteiger charge is -2.10. The molecule has 0 fully saturated rings. The molecule has 0 aromatic heterocycles. The average molecular weight is 269 g/mol. The van der Waals surface area contributed by atoms with Crippen LogP contribution in [0.4, 0.5) is 0 Å². The molecular weight excluding hydrogens is 252 g/mol. The largest absolute Gasteiger partial charge is 0.0622 e. The van der Waals surface area contributed by atoms with Crippen LogP contribution in [0.15, 0.2) is 78.9 Å². The van der Waals surface area contributed by atoms with Gasteiger partial charge in [-0.25, -0.2) is 0 Å². The fourth-order valence-electron chi connectivity index (χ4n) is 2.50. The molecule has 0 heterocycles. The summed E-state index contributed by atoms with van der Waals surface area (Å²) in [5, 5.41) is 0. The zero-order valence-electron chi connectivity index (χ0n) is 12.1. The third-order valence-electron chi connectivity index (χ3n) is 3.53. The minimum absolute atomic E-state index is 1.13. The van der Waals surface area contributed by atoms with Crippen LogP contribution in [0.3, 0.4) is 0 Å². The van der Waals surface area contributed by atoms with Crippen molar-refractivity contribution >= 4 is 11.6 Å². The summed E-state index contributed by atoms with van der Waals surface area (Å²) < 4.78 is 0. The Hall–Kier alpha value is -2.60. The maximum atomic E-state index is 3.32. The van der Waals surface area contributed by atoms with Gasteiger partial charge in [-0.05, 0) is 40.8 Å². The van der Waals surface area contributed by atoms with Gasteiger partial charge in [0.2, 0.25) is 0 Å². The maximum Gasteiger partial charge on any atom is -0.00990 e. The van der Waals surface area contributed by atoms with Crippen LogP contribution in [0.5, 0.6) is 0 Å². The Bertz CT molecular complexity index is 737. The van der Waals surface area contributed by atoms with E-state index in [1.807, 2.05) is 18.2 Å². The van der Waals surface area contributed by atoms with Crippen molar-refractivity contribution in [2.45, 2.75) is 6.92 Å². The molecule has 0 unspecified atom stereocenters. The predicted molar refractivity (Wildman–Crippen MR) is 90.7 cm³/mol. The molecule has 1 radical (unpaired) electrons. The van der Waals surface area contributed by atoms with Crippen molar-refractivity contribution in [2.24, 2.45) is 0 Å². The molecule has 0 N–H and O–H groups in total. The first-order chi connectivity index (χ1) is 10.3. The SMILES string of the molecule is CC(=Cc1ccccc1)c1ccccc1-c1[c]cccc1. The topological polar surface area (TPSA) is 0 Å². The van der Waals surface area contributed by atoms with E-state index in [2.05, 4.69) is 79.7 Å². The molecule has 0 saturated carbocycles. The Morgan fingerprint density at radius 3 is 2.29 bits per heavy atom. The first-order valence-electron chi connectivity index (χ1n) is 7.14. The summed E-state index contributed by atoms with van der Waals surface area (Å²) in [6, 6.07) is 30.4. The second kappa shape index (κ2) is 6.23. The molecule has 0 aliphatic rings. The lowest BCUT2D eigenvalue weighted by atomic mass is 9.94. The van der Waals surface area contributed by atoms with E-state index in [-0.39, 0.29) is 0 Å². The molecular formula is C21H17. The Balaban J connectivity index is 2.05. The van der Waals surface area contributed by atoms with Gasteiger partial charge >= 0.3 is 0 Å². The molecule has 0 amide bonds. The Morgan fingerprint density at radius 2 is 1.52 bits per heavy atom. The van der Waals surface area contributed by atoms with E-state index in [1.54, 1.807) is 0 Å². The molecule has 3 aromatic carbocycles. The summed E-state index contributed by atoms with van der Waals surface area (Å²) in [7, 11) is 0. The van der Waals surface area contributed by atoms with Gasteiger partial charge in [-0.3, -0.25) is 0 Å². The molecule has 21 heavy (non-hydrogen) atoms. The van der Waals surface area contributed by atoms with Crippen LogP contribution in [0.25, 0.3) is 22.8 Å². The summed E-state index contributed by atoms with van der Waals surface area (Å²) in [5.74, 6) is 0. The summed E-state index contributed by atoms with van der Waals surface area (Å²) >= 11 is 0. The van der Waals surface area contributed by atoms with Crippen molar-refractivity contribution in [1.82, 2.24) is 0 Å². The van der Waals surface area contributed by atoms with Crippen molar-refractivity contribution in [3.63, 3.8) is 0 Å². The lowest BCUT2D eigenvalue weighted by Crippen LogP contribution is -1.87. The van der Waals surface area contributed by atoms with Crippen molar-refractivity contribution in [1.29, 1.82) is 0 Å². The van der Waals surface area contributed by atoms with E-state index >= 15 is 0 Å². The van der Waals surface area contributed by atoms with Gasteiger partial charge < -0.3 is 0 Å². The molecule has 0 saturated heterocycles. The minimum Gasteiger partial charge on any atom is -0.0622 e. The van der Waals surface area contributed by atoms with Gasteiger partial charge in [-0.15, -0.1) is 0 Å². The van der Waals surface area contributed by atoms with E-state index in [1.165, 1.54) is 22.3 Å². The standard InChI is InChI=1S/C21H17/c1-17(16-18-10-4-2-5-11-18)20-14-8-9-15-21(20)19-12-6-3-7-13-19/h2-12,14-16H,1H3. The Labute approximate surface area is 126 Å². The third kappa shape index (κ3) is 3.11. The predicted octanol–water partition coefficient (Wildman–Crippen LogP) is 5.71. The second-order valence-electron chi connectivity index (χ2n) is 5.06. The highest BCUT2D eigenvalue weighted by atomic mass is 14.1. The van der Waals surface area contributed by atoms with Crippen molar-refractivity contribution in [3.8, 4) is 11.1 Å². The number of allylic oxidation sites excluding steroid dienone is 1. The Morgan fingerprint density at radius 1 is 0.810 bits per heavy atom. The number of benzene rings is 3. The quantitative estimate of drug-likeness (QED) is 0.534. The molecule has 3 rings (SSSR count). The van der Waals surface area contributed by atoms with Crippen molar-refractivity contribution in [3.05, 3.63) is 96.1 Å². The zero-order chi connectivity index (χ0) is 14.5. The van der Waals surface area contributed by atoms with E-state index in [9.17, 15) is 0 Å². The van der Waals surface area contributed by atoms with E-state index in [0.717, 1.165) is 5.56 Å². The number of hydrogen-bond acceptors (Lipinski definition) is 0. The maximum absolute atomic E-state index is 3.32. The van der Waals surface area contributed by atoms with Gasteiger partial charge in [0.15, 0.2) is 0 Å². The van der Waals surface area contributed by atoms with Gasteiger partial charge in [0.1, 0.15) is 0 Å². The first-order valence-corrected chi connectivity index (χ1v) is 7.14. The smallest absolute Gasteiger partial charge is 0.00990 e. The molecule has 0 heteroatoms. The third-order valence-corrected chi connectivity index (χ3v) is 3.53. The zero-order valence-corrected chi connectivity index (χ0v) is 12.1. The van der Waals surface area contributed by atoms with E-state index in [0.29, 0.717) is 0 Å².